The molecule has 19 heavy (non-hydrogen) atoms. The number of alkyl halides is 3. The molecule has 112 valence electrons. The van der Waals surface area contributed by atoms with E-state index in [1.807, 2.05) is 0 Å². The van der Waals surface area contributed by atoms with Gasteiger partial charge in [0.25, 0.3) is 10.1 Å². The Morgan fingerprint density at radius 2 is 1.79 bits per heavy atom. The molecule has 1 atom stereocenters. The summed E-state index contributed by atoms with van der Waals surface area (Å²) >= 11 is 0. The quantitative estimate of drug-likeness (QED) is 0.634. The number of carbonyl (C=O) groups excluding carboxylic acids is 1. The summed E-state index contributed by atoms with van der Waals surface area (Å²) < 4.78 is 72.7. The topological polar surface area (TPSA) is 80.7 Å². The molecule has 1 aliphatic rings. The highest BCUT2D eigenvalue weighted by atomic mass is 32.2. The van der Waals surface area contributed by atoms with Gasteiger partial charge in [0, 0.05) is 0 Å². The third kappa shape index (κ3) is 4.34. The maximum Gasteiger partial charge on any atom is 0.429 e. The van der Waals surface area contributed by atoms with Gasteiger partial charge in [-0.2, -0.15) is 21.6 Å². The van der Waals surface area contributed by atoms with Gasteiger partial charge in [0.15, 0.2) is 0 Å². The predicted molar refractivity (Wildman–Crippen MR) is 58.9 cm³/mol. The normalized spacial score (nSPS) is 21.1. The molecule has 1 unspecified atom stereocenters. The van der Waals surface area contributed by atoms with Crippen molar-refractivity contribution in [3.05, 3.63) is 0 Å². The van der Waals surface area contributed by atoms with E-state index in [4.69, 9.17) is 4.55 Å². The zero-order chi connectivity index (χ0) is 14.9. The lowest BCUT2D eigenvalue weighted by atomic mass is 10.1. The summed E-state index contributed by atoms with van der Waals surface area (Å²) in [6.45, 7) is 0.438. The lowest BCUT2D eigenvalue weighted by Crippen LogP contribution is -2.52. The molecule has 0 radical (unpaired) electrons. The smallest absolute Gasteiger partial charge is 0.429 e. The summed E-state index contributed by atoms with van der Waals surface area (Å²) in [5.74, 6) is -3.41. The fraction of sp³-hybridized carbons (Fsp3) is 0.900. The van der Waals surface area contributed by atoms with Crippen LogP contribution in [0.5, 0.6) is 0 Å². The summed E-state index contributed by atoms with van der Waals surface area (Å²) in [6.07, 6.45) is -2.78. The van der Waals surface area contributed by atoms with Gasteiger partial charge in [-0.3, -0.25) is 9.35 Å². The van der Waals surface area contributed by atoms with Gasteiger partial charge in [-0.15, -0.1) is 0 Å². The fourth-order valence-electron chi connectivity index (χ4n) is 1.98. The average Bonchev–Trinajstić information content (AvgIpc) is 2.64. The lowest BCUT2D eigenvalue weighted by molar-refractivity contribution is -0.257. The summed E-state index contributed by atoms with van der Waals surface area (Å²) in [6, 6.07) is 0. The lowest BCUT2D eigenvalue weighted by Gasteiger charge is -2.31. The van der Waals surface area contributed by atoms with E-state index < -0.39 is 39.5 Å². The van der Waals surface area contributed by atoms with Crippen molar-refractivity contribution in [3.63, 3.8) is 0 Å². The van der Waals surface area contributed by atoms with Crippen LogP contribution in [-0.4, -0.2) is 36.5 Å². The Labute approximate surface area is 108 Å². The average molecular weight is 304 g/mol. The van der Waals surface area contributed by atoms with Crippen LogP contribution in [0.15, 0.2) is 0 Å². The second-order valence-corrected chi connectivity index (χ2v) is 6.31. The monoisotopic (exact) mass is 304 g/mol. The van der Waals surface area contributed by atoms with E-state index in [1.165, 1.54) is 0 Å². The fourth-order valence-corrected chi connectivity index (χ4v) is 2.90. The third-order valence-electron chi connectivity index (χ3n) is 3.07. The number of halogens is 3. The molecule has 1 saturated carbocycles. The van der Waals surface area contributed by atoms with E-state index in [0.29, 0.717) is 19.8 Å². The van der Waals surface area contributed by atoms with E-state index in [0.717, 1.165) is 12.8 Å². The van der Waals surface area contributed by atoms with Crippen LogP contribution >= 0.6 is 0 Å². The van der Waals surface area contributed by atoms with Crippen LogP contribution < -0.4 is 0 Å². The Hall–Kier alpha value is -0.830. The third-order valence-corrected chi connectivity index (χ3v) is 3.99. The van der Waals surface area contributed by atoms with Crippen molar-refractivity contribution >= 4 is 16.1 Å². The first kappa shape index (κ1) is 16.2. The minimum Gasteiger partial charge on any atom is -0.448 e. The van der Waals surface area contributed by atoms with Gasteiger partial charge in [-0.25, -0.2) is 0 Å². The summed E-state index contributed by atoms with van der Waals surface area (Å²) in [5, 5.41) is 0. The first-order valence-corrected chi connectivity index (χ1v) is 7.30. The Balaban J connectivity index is 2.89. The maximum absolute atomic E-state index is 12.8. The number of ether oxygens (including phenoxy) is 1. The van der Waals surface area contributed by atoms with Crippen LogP contribution in [0.4, 0.5) is 13.2 Å². The van der Waals surface area contributed by atoms with E-state index in [-0.39, 0.29) is 0 Å². The molecule has 0 aromatic carbocycles. The first-order valence-electron chi connectivity index (χ1n) is 5.69. The standard InChI is InChI=1S/C10H15F3O5S/c1-9(10(11,12)13,6-19(15,16)17)18-8(14)7-4-2-3-5-7/h7H,2-6H2,1H3,(H,15,16,17). The van der Waals surface area contributed by atoms with Crippen LogP contribution in [0, 0.1) is 5.92 Å². The second kappa shape index (κ2) is 5.28. The summed E-state index contributed by atoms with van der Waals surface area (Å²) in [5.41, 5.74) is -3.24. The van der Waals surface area contributed by atoms with Crippen molar-refractivity contribution in [2.45, 2.75) is 44.4 Å². The van der Waals surface area contributed by atoms with Crippen molar-refractivity contribution in [2.75, 3.05) is 5.75 Å². The molecule has 1 N–H and O–H groups in total. The highest BCUT2D eigenvalue weighted by Crippen LogP contribution is 2.37. The molecule has 0 aromatic heterocycles. The van der Waals surface area contributed by atoms with Crippen LogP contribution in [-0.2, 0) is 19.6 Å². The summed E-state index contributed by atoms with van der Waals surface area (Å²) in [4.78, 5) is 11.6. The zero-order valence-corrected chi connectivity index (χ0v) is 11.1. The Morgan fingerprint density at radius 3 is 2.16 bits per heavy atom. The van der Waals surface area contributed by atoms with E-state index in [1.54, 1.807) is 0 Å². The summed E-state index contributed by atoms with van der Waals surface area (Å²) in [7, 11) is -4.93. The number of carbonyl (C=O) groups is 1. The van der Waals surface area contributed by atoms with Crippen molar-refractivity contribution in [3.8, 4) is 0 Å². The molecule has 5 nitrogen and oxygen atoms in total. The maximum atomic E-state index is 12.8. The van der Waals surface area contributed by atoms with Gasteiger partial charge >= 0.3 is 12.1 Å². The molecule has 1 aliphatic carbocycles. The molecule has 0 bridgehead atoms. The SMILES string of the molecule is CC(CS(=O)(=O)O)(OC(=O)C1CCCC1)C(F)(F)F. The van der Waals surface area contributed by atoms with Crippen LogP contribution in [0.1, 0.15) is 32.6 Å². The molecule has 0 heterocycles. The number of hydrogen-bond acceptors (Lipinski definition) is 4. The molecule has 0 spiro atoms. The zero-order valence-electron chi connectivity index (χ0n) is 10.2. The van der Waals surface area contributed by atoms with Crippen LogP contribution in [0.25, 0.3) is 0 Å². The molecule has 1 fully saturated rings. The van der Waals surface area contributed by atoms with E-state index in [2.05, 4.69) is 4.74 Å². The molecule has 0 aromatic rings. The van der Waals surface area contributed by atoms with Crippen LogP contribution in [0.2, 0.25) is 0 Å². The van der Waals surface area contributed by atoms with Gasteiger partial charge in [0.05, 0.1) is 5.92 Å². The highest BCUT2D eigenvalue weighted by Gasteiger charge is 2.57. The van der Waals surface area contributed by atoms with Crippen molar-refractivity contribution in [1.82, 2.24) is 0 Å². The van der Waals surface area contributed by atoms with Gasteiger partial charge < -0.3 is 4.74 Å². The Kier molecular flexibility index (Phi) is 4.51. The van der Waals surface area contributed by atoms with Gasteiger partial charge in [-0.05, 0) is 19.8 Å². The molecule has 0 amide bonds. The Morgan fingerprint density at radius 1 is 1.32 bits per heavy atom. The number of esters is 1. The molecule has 0 aliphatic heterocycles. The second-order valence-electron chi connectivity index (χ2n) is 4.86. The van der Waals surface area contributed by atoms with Gasteiger partial charge in [0.2, 0.25) is 5.60 Å². The first-order chi connectivity index (χ1) is 8.45. The van der Waals surface area contributed by atoms with Crippen molar-refractivity contribution in [2.24, 2.45) is 5.92 Å². The minimum absolute atomic E-state index is 0.429. The van der Waals surface area contributed by atoms with E-state index in [9.17, 15) is 26.4 Å². The number of rotatable bonds is 4. The van der Waals surface area contributed by atoms with Crippen molar-refractivity contribution < 1.29 is 35.7 Å². The number of hydrogen-bond donors (Lipinski definition) is 1. The van der Waals surface area contributed by atoms with Gasteiger partial charge in [0.1, 0.15) is 5.75 Å². The molecule has 9 heteroatoms. The van der Waals surface area contributed by atoms with Crippen molar-refractivity contribution in [1.29, 1.82) is 0 Å². The predicted octanol–water partition coefficient (Wildman–Crippen LogP) is 1.93. The molecular weight excluding hydrogens is 289 g/mol. The largest absolute Gasteiger partial charge is 0.448 e. The van der Waals surface area contributed by atoms with E-state index >= 15 is 0 Å². The van der Waals surface area contributed by atoms with Gasteiger partial charge in [-0.1, -0.05) is 12.8 Å². The highest BCUT2D eigenvalue weighted by molar-refractivity contribution is 7.85. The molecular formula is C10H15F3O5S. The minimum atomic E-state index is -5.09. The molecule has 1 rings (SSSR count). The Bertz CT molecular complexity index is 439. The van der Waals surface area contributed by atoms with Crippen LogP contribution in [0.3, 0.4) is 0 Å². The molecule has 0 saturated heterocycles.